The SMILES string of the molecule is Cc1cc(F)c2c(cnn2C2CCCCO2)c1O. The largest absolute Gasteiger partial charge is 0.507 e. The number of rotatable bonds is 1. The summed E-state index contributed by atoms with van der Waals surface area (Å²) in [4.78, 5) is 0. The third-order valence-corrected chi connectivity index (χ3v) is 3.42. The van der Waals surface area contributed by atoms with E-state index < -0.39 is 0 Å². The second kappa shape index (κ2) is 4.24. The van der Waals surface area contributed by atoms with Crippen molar-refractivity contribution >= 4 is 10.9 Å². The molecule has 0 spiro atoms. The average molecular weight is 250 g/mol. The van der Waals surface area contributed by atoms with Crippen LogP contribution >= 0.6 is 0 Å². The maximum Gasteiger partial charge on any atom is 0.150 e. The maximum atomic E-state index is 14.0. The van der Waals surface area contributed by atoms with E-state index in [1.54, 1.807) is 11.6 Å². The van der Waals surface area contributed by atoms with Gasteiger partial charge in [0.25, 0.3) is 0 Å². The van der Waals surface area contributed by atoms with Crippen LogP contribution in [0.2, 0.25) is 0 Å². The Kier molecular flexibility index (Phi) is 2.70. The Labute approximate surface area is 104 Å². The average Bonchev–Trinajstić information content (AvgIpc) is 2.82. The van der Waals surface area contributed by atoms with Crippen LogP contribution in [0, 0.1) is 12.7 Å². The van der Waals surface area contributed by atoms with Crippen LogP contribution in [0.25, 0.3) is 10.9 Å². The zero-order valence-corrected chi connectivity index (χ0v) is 10.2. The second-order valence-corrected chi connectivity index (χ2v) is 4.70. The molecule has 1 unspecified atom stereocenters. The number of nitrogens with zero attached hydrogens (tertiary/aromatic N) is 2. The molecule has 96 valence electrons. The molecule has 1 aromatic heterocycles. The van der Waals surface area contributed by atoms with Crippen molar-refractivity contribution in [3.8, 4) is 5.75 Å². The summed E-state index contributed by atoms with van der Waals surface area (Å²) >= 11 is 0. The van der Waals surface area contributed by atoms with Crippen LogP contribution < -0.4 is 0 Å². The molecule has 1 saturated heterocycles. The first-order valence-corrected chi connectivity index (χ1v) is 6.15. The molecule has 5 heteroatoms. The van der Waals surface area contributed by atoms with E-state index in [1.807, 2.05) is 0 Å². The number of halogens is 1. The summed E-state index contributed by atoms with van der Waals surface area (Å²) in [7, 11) is 0. The van der Waals surface area contributed by atoms with E-state index in [0.717, 1.165) is 19.3 Å². The van der Waals surface area contributed by atoms with Crippen LogP contribution in [0.1, 0.15) is 31.1 Å². The van der Waals surface area contributed by atoms with E-state index in [9.17, 15) is 9.50 Å². The van der Waals surface area contributed by atoms with E-state index in [-0.39, 0.29) is 17.8 Å². The molecule has 0 radical (unpaired) electrons. The topological polar surface area (TPSA) is 47.3 Å². The number of fused-ring (bicyclic) bond motifs is 1. The first-order chi connectivity index (χ1) is 8.68. The van der Waals surface area contributed by atoms with Crippen molar-refractivity contribution in [2.75, 3.05) is 6.61 Å². The van der Waals surface area contributed by atoms with Crippen LogP contribution in [0.5, 0.6) is 5.75 Å². The number of aromatic hydroxyl groups is 1. The molecule has 1 aliphatic rings. The Morgan fingerprint density at radius 2 is 2.33 bits per heavy atom. The molecule has 2 aromatic rings. The van der Waals surface area contributed by atoms with Gasteiger partial charge in [-0.1, -0.05) is 0 Å². The van der Waals surface area contributed by atoms with Gasteiger partial charge in [-0.05, 0) is 37.8 Å². The molecule has 1 atom stereocenters. The van der Waals surface area contributed by atoms with Gasteiger partial charge in [0.2, 0.25) is 0 Å². The quantitative estimate of drug-likeness (QED) is 0.846. The number of hydrogen-bond donors (Lipinski definition) is 1. The standard InChI is InChI=1S/C13H15FN2O2/c1-8-6-10(14)12-9(13(8)17)7-15-16(12)11-4-2-3-5-18-11/h6-7,11,17H,2-5H2,1H3. The third-order valence-electron chi connectivity index (χ3n) is 3.42. The normalized spacial score (nSPS) is 20.4. The van der Waals surface area contributed by atoms with E-state index >= 15 is 0 Å². The number of hydrogen-bond acceptors (Lipinski definition) is 3. The van der Waals surface area contributed by atoms with Crippen molar-refractivity contribution in [3.05, 3.63) is 23.6 Å². The highest BCUT2D eigenvalue weighted by Gasteiger charge is 2.22. The van der Waals surface area contributed by atoms with Crippen LogP contribution in [0.15, 0.2) is 12.3 Å². The fourth-order valence-electron chi connectivity index (χ4n) is 2.45. The van der Waals surface area contributed by atoms with E-state index in [0.29, 0.717) is 23.1 Å². The lowest BCUT2D eigenvalue weighted by molar-refractivity contribution is -0.0369. The number of ether oxygens (including phenoxy) is 1. The summed E-state index contributed by atoms with van der Waals surface area (Å²) in [6.45, 7) is 2.35. The molecule has 1 N–H and O–H groups in total. The van der Waals surface area contributed by atoms with Gasteiger partial charge in [0, 0.05) is 6.61 Å². The molecular formula is C13H15FN2O2. The van der Waals surface area contributed by atoms with Gasteiger partial charge in [-0.3, -0.25) is 0 Å². The van der Waals surface area contributed by atoms with Gasteiger partial charge >= 0.3 is 0 Å². The van der Waals surface area contributed by atoms with Crippen LogP contribution in [0.3, 0.4) is 0 Å². The smallest absolute Gasteiger partial charge is 0.150 e. The Bertz CT molecular complexity index is 588. The van der Waals surface area contributed by atoms with Crippen LogP contribution in [-0.4, -0.2) is 21.5 Å². The van der Waals surface area contributed by atoms with Gasteiger partial charge in [0.1, 0.15) is 17.1 Å². The third kappa shape index (κ3) is 1.66. The van der Waals surface area contributed by atoms with Gasteiger partial charge in [0.15, 0.2) is 6.23 Å². The summed E-state index contributed by atoms with van der Waals surface area (Å²) < 4.78 is 21.2. The lowest BCUT2D eigenvalue weighted by atomic mass is 10.1. The molecule has 1 fully saturated rings. The zero-order valence-electron chi connectivity index (χ0n) is 10.2. The summed E-state index contributed by atoms with van der Waals surface area (Å²) in [5.41, 5.74) is 0.842. The van der Waals surface area contributed by atoms with E-state index in [1.165, 1.54) is 12.3 Å². The Morgan fingerprint density at radius 3 is 3.06 bits per heavy atom. The lowest BCUT2D eigenvalue weighted by Gasteiger charge is -2.23. The van der Waals surface area contributed by atoms with Crippen molar-refractivity contribution in [1.29, 1.82) is 0 Å². The van der Waals surface area contributed by atoms with Crippen LogP contribution in [0.4, 0.5) is 4.39 Å². The molecule has 0 saturated carbocycles. The summed E-state index contributed by atoms with van der Waals surface area (Å²) in [6.07, 6.45) is 4.17. The molecule has 4 nitrogen and oxygen atoms in total. The number of aromatic nitrogens is 2. The predicted octanol–water partition coefficient (Wildman–Crippen LogP) is 2.89. The Morgan fingerprint density at radius 1 is 1.50 bits per heavy atom. The van der Waals surface area contributed by atoms with Crippen molar-refractivity contribution in [2.24, 2.45) is 0 Å². The second-order valence-electron chi connectivity index (χ2n) is 4.70. The first kappa shape index (κ1) is 11.5. The van der Waals surface area contributed by atoms with Gasteiger partial charge in [-0.25, -0.2) is 9.07 Å². The van der Waals surface area contributed by atoms with Crippen molar-refractivity contribution in [1.82, 2.24) is 9.78 Å². The fourth-order valence-corrected chi connectivity index (χ4v) is 2.45. The summed E-state index contributed by atoms with van der Waals surface area (Å²) in [5.74, 6) is -0.277. The number of benzene rings is 1. The molecular weight excluding hydrogens is 235 g/mol. The lowest BCUT2D eigenvalue weighted by Crippen LogP contribution is -2.19. The molecule has 0 bridgehead atoms. The molecule has 2 heterocycles. The van der Waals surface area contributed by atoms with Crippen molar-refractivity contribution in [3.63, 3.8) is 0 Å². The van der Waals surface area contributed by atoms with Gasteiger partial charge in [-0.15, -0.1) is 0 Å². The fraction of sp³-hybridized carbons (Fsp3) is 0.462. The van der Waals surface area contributed by atoms with Crippen molar-refractivity contribution in [2.45, 2.75) is 32.4 Å². The predicted molar refractivity (Wildman–Crippen MR) is 64.9 cm³/mol. The van der Waals surface area contributed by atoms with Gasteiger partial charge in [0.05, 0.1) is 11.6 Å². The Balaban J connectivity index is 2.16. The van der Waals surface area contributed by atoms with Crippen molar-refractivity contribution < 1.29 is 14.2 Å². The minimum Gasteiger partial charge on any atom is -0.507 e. The van der Waals surface area contributed by atoms with Gasteiger partial charge < -0.3 is 9.84 Å². The number of phenols is 1. The molecule has 18 heavy (non-hydrogen) atoms. The van der Waals surface area contributed by atoms with Crippen LogP contribution in [-0.2, 0) is 4.74 Å². The molecule has 0 aliphatic carbocycles. The van der Waals surface area contributed by atoms with Gasteiger partial charge in [-0.2, -0.15) is 5.10 Å². The minimum absolute atomic E-state index is 0.0912. The molecule has 1 aromatic carbocycles. The maximum absolute atomic E-state index is 14.0. The number of phenolic OH excluding ortho intramolecular Hbond substituents is 1. The highest BCUT2D eigenvalue weighted by Crippen LogP contribution is 2.33. The first-order valence-electron chi connectivity index (χ1n) is 6.15. The minimum atomic E-state index is -0.369. The molecule has 1 aliphatic heterocycles. The Hall–Kier alpha value is -1.62. The number of aryl methyl sites for hydroxylation is 1. The molecule has 0 amide bonds. The molecule has 3 rings (SSSR count). The summed E-state index contributed by atoms with van der Waals surface area (Å²) in [5, 5.41) is 14.6. The summed E-state index contributed by atoms with van der Waals surface area (Å²) in [6, 6.07) is 1.33. The highest BCUT2D eigenvalue weighted by molar-refractivity contribution is 5.86. The zero-order chi connectivity index (χ0) is 12.7. The van der Waals surface area contributed by atoms with E-state index in [2.05, 4.69) is 5.10 Å². The monoisotopic (exact) mass is 250 g/mol. The van der Waals surface area contributed by atoms with E-state index in [4.69, 9.17) is 4.74 Å². The highest BCUT2D eigenvalue weighted by atomic mass is 19.1.